The predicted molar refractivity (Wildman–Crippen MR) is 130 cm³/mol. The van der Waals surface area contributed by atoms with E-state index < -0.39 is 11.9 Å². The third-order valence-corrected chi connectivity index (χ3v) is 5.08. The number of ether oxygens (including phenoxy) is 3. The third-order valence-electron chi connectivity index (χ3n) is 4.55. The third kappa shape index (κ3) is 7.22. The maximum absolute atomic E-state index is 12.4. The molecule has 1 N–H and O–H groups in total. The summed E-state index contributed by atoms with van der Waals surface area (Å²) in [6.45, 7) is 0.0197. The fourth-order valence-electron chi connectivity index (χ4n) is 2.87. The molecule has 0 unspecified atom stereocenters. The van der Waals surface area contributed by atoms with Crippen molar-refractivity contribution in [1.29, 1.82) is 5.26 Å². The van der Waals surface area contributed by atoms with Gasteiger partial charge < -0.3 is 19.5 Å². The Balaban J connectivity index is 1.63. The van der Waals surface area contributed by atoms with Crippen LogP contribution in [0.3, 0.4) is 0 Å². The van der Waals surface area contributed by atoms with Gasteiger partial charge in [-0.2, -0.15) is 5.26 Å². The largest absolute Gasteiger partial charge is 0.493 e. The first kappa shape index (κ1) is 24.6. The number of nitriles is 1. The second kappa shape index (κ2) is 12.2. The molecule has 0 aromatic heterocycles. The van der Waals surface area contributed by atoms with Gasteiger partial charge in [0.15, 0.2) is 18.1 Å². The molecule has 0 spiro atoms. The van der Waals surface area contributed by atoms with Gasteiger partial charge in [-0.1, -0.05) is 52.3 Å². The molecule has 0 bridgehead atoms. The van der Waals surface area contributed by atoms with Gasteiger partial charge in [-0.25, -0.2) is 4.79 Å². The average molecular weight is 521 g/mol. The van der Waals surface area contributed by atoms with Crippen LogP contribution in [-0.4, -0.2) is 25.6 Å². The number of methoxy groups -OCH3 is 1. The lowest BCUT2D eigenvalue weighted by Gasteiger charge is -2.11. The number of esters is 1. The molecule has 34 heavy (non-hydrogen) atoms. The van der Waals surface area contributed by atoms with Crippen LogP contribution in [0.25, 0.3) is 6.08 Å². The summed E-state index contributed by atoms with van der Waals surface area (Å²) in [5, 5.41) is 12.1. The smallest absolute Gasteiger partial charge is 0.349 e. The fourth-order valence-corrected chi connectivity index (χ4v) is 3.14. The fraction of sp³-hybridized carbons (Fsp3) is 0.115. The molecule has 0 radical (unpaired) electrons. The summed E-state index contributed by atoms with van der Waals surface area (Å²) < 4.78 is 17.0. The van der Waals surface area contributed by atoms with Gasteiger partial charge in [0.25, 0.3) is 5.91 Å². The van der Waals surface area contributed by atoms with Crippen LogP contribution in [0, 0.1) is 11.3 Å². The van der Waals surface area contributed by atoms with Crippen molar-refractivity contribution >= 4 is 33.9 Å². The highest BCUT2D eigenvalue weighted by molar-refractivity contribution is 9.10. The zero-order chi connectivity index (χ0) is 24.3. The molecule has 0 aliphatic rings. The first-order chi connectivity index (χ1) is 16.5. The Kier molecular flexibility index (Phi) is 8.83. The van der Waals surface area contributed by atoms with Gasteiger partial charge in [-0.05, 0) is 53.6 Å². The second-order valence-corrected chi connectivity index (χ2v) is 7.88. The van der Waals surface area contributed by atoms with Crippen molar-refractivity contribution in [3.05, 3.63) is 94.0 Å². The SMILES string of the molecule is COc1cc(/C=C(\C#N)C(=O)NCc2ccccc2)ccc1OC(=O)COc1ccc(Br)cc1. The summed E-state index contributed by atoms with van der Waals surface area (Å²) in [6.07, 6.45) is 1.44. The monoisotopic (exact) mass is 520 g/mol. The molecule has 0 atom stereocenters. The van der Waals surface area contributed by atoms with Crippen LogP contribution in [0.4, 0.5) is 0 Å². The molecule has 0 saturated carbocycles. The van der Waals surface area contributed by atoms with Crippen molar-refractivity contribution in [1.82, 2.24) is 5.32 Å². The molecular weight excluding hydrogens is 500 g/mol. The van der Waals surface area contributed by atoms with Crippen LogP contribution in [0.2, 0.25) is 0 Å². The molecule has 1 amide bonds. The van der Waals surface area contributed by atoms with Crippen LogP contribution in [0.15, 0.2) is 82.8 Å². The maximum Gasteiger partial charge on any atom is 0.349 e. The van der Waals surface area contributed by atoms with Crippen LogP contribution >= 0.6 is 15.9 Å². The first-order valence-corrected chi connectivity index (χ1v) is 11.0. The highest BCUT2D eigenvalue weighted by Gasteiger charge is 2.13. The predicted octanol–water partition coefficient (Wildman–Crippen LogP) is 4.67. The number of rotatable bonds is 9. The molecule has 7 nitrogen and oxygen atoms in total. The summed E-state index contributed by atoms with van der Waals surface area (Å²) in [5.41, 5.74) is 1.39. The van der Waals surface area contributed by atoms with Crippen molar-refractivity contribution in [3.63, 3.8) is 0 Å². The molecular formula is C26H21BrN2O5. The Bertz CT molecular complexity index is 1220. The summed E-state index contributed by atoms with van der Waals surface area (Å²) >= 11 is 3.33. The number of halogens is 1. The van der Waals surface area contributed by atoms with Gasteiger partial charge in [0.2, 0.25) is 0 Å². The molecule has 172 valence electrons. The molecule has 3 rings (SSSR count). The molecule has 0 aliphatic carbocycles. The van der Waals surface area contributed by atoms with Crippen molar-refractivity contribution in [2.45, 2.75) is 6.54 Å². The Labute approximate surface area is 205 Å². The highest BCUT2D eigenvalue weighted by Crippen LogP contribution is 2.29. The second-order valence-electron chi connectivity index (χ2n) is 6.97. The van der Waals surface area contributed by atoms with Crippen LogP contribution < -0.4 is 19.5 Å². The molecule has 0 heterocycles. The quantitative estimate of drug-likeness (QED) is 0.190. The lowest BCUT2D eigenvalue weighted by molar-refractivity contribution is -0.136. The van der Waals surface area contributed by atoms with Gasteiger partial charge in [0.05, 0.1) is 7.11 Å². The standard InChI is InChI=1S/C26H21BrN2O5/c1-32-24-14-19(13-20(15-28)26(31)29-16-18-5-3-2-4-6-18)7-12-23(24)34-25(30)17-33-22-10-8-21(27)9-11-22/h2-14H,16-17H2,1H3,(H,29,31)/b20-13+. The highest BCUT2D eigenvalue weighted by atomic mass is 79.9. The Morgan fingerprint density at radius 2 is 1.76 bits per heavy atom. The molecule has 3 aromatic rings. The summed E-state index contributed by atoms with van der Waals surface area (Å²) in [5.74, 6) is -0.112. The number of carbonyl (C=O) groups is 2. The maximum atomic E-state index is 12.4. The number of hydrogen-bond acceptors (Lipinski definition) is 6. The Morgan fingerprint density at radius 1 is 1.03 bits per heavy atom. The van der Waals surface area contributed by atoms with E-state index in [0.29, 0.717) is 17.9 Å². The lowest BCUT2D eigenvalue weighted by atomic mass is 10.1. The van der Waals surface area contributed by atoms with Gasteiger partial charge in [-0.3, -0.25) is 4.79 Å². The van der Waals surface area contributed by atoms with Crippen LogP contribution in [0.1, 0.15) is 11.1 Å². The minimum atomic E-state index is -0.609. The number of benzene rings is 3. The number of carbonyl (C=O) groups excluding carboxylic acids is 2. The Morgan fingerprint density at radius 3 is 2.44 bits per heavy atom. The van der Waals surface area contributed by atoms with Gasteiger partial charge in [-0.15, -0.1) is 0 Å². The van der Waals surface area contributed by atoms with E-state index in [1.807, 2.05) is 36.4 Å². The van der Waals surface area contributed by atoms with Crippen molar-refractivity contribution in [2.24, 2.45) is 0 Å². The normalized spacial score (nSPS) is 10.7. The number of hydrogen-bond donors (Lipinski definition) is 1. The number of nitrogens with zero attached hydrogens (tertiary/aromatic N) is 1. The van der Waals surface area contributed by atoms with E-state index in [1.165, 1.54) is 19.3 Å². The molecule has 0 saturated heterocycles. The average Bonchev–Trinajstić information content (AvgIpc) is 2.86. The van der Waals surface area contributed by atoms with Gasteiger partial charge in [0.1, 0.15) is 17.4 Å². The minimum absolute atomic E-state index is 0.0642. The minimum Gasteiger partial charge on any atom is -0.493 e. The first-order valence-electron chi connectivity index (χ1n) is 10.2. The zero-order valence-electron chi connectivity index (χ0n) is 18.3. The number of amides is 1. The van der Waals surface area contributed by atoms with Gasteiger partial charge in [0, 0.05) is 11.0 Å². The van der Waals surface area contributed by atoms with Crippen molar-refractivity contribution < 1.29 is 23.8 Å². The van der Waals surface area contributed by atoms with E-state index in [9.17, 15) is 14.9 Å². The van der Waals surface area contributed by atoms with E-state index >= 15 is 0 Å². The van der Waals surface area contributed by atoms with E-state index in [-0.39, 0.29) is 23.7 Å². The van der Waals surface area contributed by atoms with Crippen molar-refractivity contribution in [3.8, 4) is 23.3 Å². The van der Waals surface area contributed by atoms with E-state index in [0.717, 1.165) is 10.0 Å². The molecule has 3 aromatic carbocycles. The topological polar surface area (TPSA) is 97.6 Å². The summed E-state index contributed by atoms with van der Waals surface area (Å²) in [6, 6.07) is 23.1. The zero-order valence-corrected chi connectivity index (χ0v) is 19.9. The van der Waals surface area contributed by atoms with Gasteiger partial charge >= 0.3 is 5.97 Å². The molecule has 0 fully saturated rings. The molecule has 8 heteroatoms. The van der Waals surface area contributed by atoms with Crippen molar-refractivity contribution in [2.75, 3.05) is 13.7 Å². The summed E-state index contributed by atoms with van der Waals surface area (Å²) in [7, 11) is 1.43. The lowest BCUT2D eigenvalue weighted by Crippen LogP contribution is -2.23. The van der Waals surface area contributed by atoms with Crippen LogP contribution in [-0.2, 0) is 16.1 Å². The molecule has 0 aliphatic heterocycles. The summed E-state index contributed by atoms with van der Waals surface area (Å²) in [4.78, 5) is 24.6. The van der Waals surface area contributed by atoms with E-state index in [2.05, 4.69) is 21.2 Å². The van der Waals surface area contributed by atoms with Crippen LogP contribution in [0.5, 0.6) is 17.2 Å². The van der Waals surface area contributed by atoms with E-state index in [1.54, 1.807) is 36.4 Å². The Hall–Kier alpha value is -4.09. The number of nitrogens with one attached hydrogen (secondary N) is 1. The van der Waals surface area contributed by atoms with E-state index in [4.69, 9.17) is 14.2 Å².